The largest absolute Gasteiger partial charge is 0.356 e. The molecule has 1 aliphatic rings. The van der Waals surface area contributed by atoms with Crippen molar-refractivity contribution in [3.8, 4) is 0 Å². The van der Waals surface area contributed by atoms with E-state index >= 15 is 0 Å². The molecule has 19 heavy (non-hydrogen) atoms. The summed E-state index contributed by atoms with van der Waals surface area (Å²) in [5.74, 6) is 0.698. The van der Waals surface area contributed by atoms with E-state index in [-0.39, 0.29) is 5.91 Å². The van der Waals surface area contributed by atoms with E-state index in [1.807, 2.05) is 12.1 Å². The van der Waals surface area contributed by atoms with Gasteiger partial charge in [-0.3, -0.25) is 4.79 Å². The number of rotatable bonds is 5. The zero-order valence-corrected chi connectivity index (χ0v) is 12.7. The van der Waals surface area contributed by atoms with Gasteiger partial charge in [-0.15, -0.1) is 0 Å². The number of piperidine rings is 1. The molecule has 3 nitrogen and oxygen atoms in total. The number of halogens is 1. The molecule has 1 unspecified atom stereocenters. The van der Waals surface area contributed by atoms with Crippen LogP contribution in [0.3, 0.4) is 0 Å². The van der Waals surface area contributed by atoms with Gasteiger partial charge in [0.1, 0.15) is 0 Å². The van der Waals surface area contributed by atoms with E-state index in [1.165, 1.54) is 18.4 Å². The highest BCUT2D eigenvalue weighted by Gasteiger charge is 2.16. The van der Waals surface area contributed by atoms with Crippen molar-refractivity contribution in [2.75, 3.05) is 19.6 Å². The first-order chi connectivity index (χ1) is 9.24. The molecular formula is C15H21BrN2O. The molecule has 2 rings (SSSR count). The van der Waals surface area contributed by atoms with E-state index in [1.54, 1.807) is 0 Å². The Morgan fingerprint density at radius 3 is 3.11 bits per heavy atom. The van der Waals surface area contributed by atoms with Gasteiger partial charge in [0.2, 0.25) is 5.91 Å². The van der Waals surface area contributed by atoms with Crippen LogP contribution in [0, 0.1) is 5.92 Å². The maximum absolute atomic E-state index is 11.8. The molecule has 1 aromatic carbocycles. The maximum Gasteiger partial charge on any atom is 0.220 e. The van der Waals surface area contributed by atoms with Crippen LogP contribution in [-0.4, -0.2) is 25.5 Å². The Morgan fingerprint density at radius 1 is 1.47 bits per heavy atom. The summed E-state index contributed by atoms with van der Waals surface area (Å²) in [5, 5.41) is 6.36. The normalized spacial score (nSPS) is 19.1. The molecule has 4 heteroatoms. The Bertz CT molecular complexity index is 416. The monoisotopic (exact) mass is 324 g/mol. The minimum atomic E-state index is 0.184. The van der Waals surface area contributed by atoms with Crippen molar-refractivity contribution in [1.82, 2.24) is 10.6 Å². The van der Waals surface area contributed by atoms with Gasteiger partial charge >= 0.3 is 0 Å². The number of nitrogens with one attached hydrogen (secondary N) is 2. The topological polar surface area (TPSA) is 41.1 Å². The van der Waals surface area contributed by atoms with E-state index in [9.17, 15) is 4.79 Å². The summed E-state index contributed by atoms with van der Waals surface area (Å²) in [6.45, 7) is 2.80. The summed E-state index contributed by atoms with van der Waals surface area (Å²) in [4.78, 5) is 11.8. The molecule has 1 saturated heterocycles. The zero-order chi connectivity index (χ0) is 13.5. The fourth-order valence-corrected chi connectivity index (χ4v) is 2.92. The van der Waals surface area contributed by atoms with Crippen LogP contribution in [0.2, 0.25) is 0 Å². The van der Waals surface area contributed by atoms with Crippen molar-refractivity contribution in [1.29, 1.82) is 0 Å². The van der Waals surface area contributed by atoms with Crippen LogP contribution in [0.1, 0.15) is 24.8 Å². The summed E-state index contributed by atoms with van der Waals surface area (Å²) in [6, 6.07) is 8.21. The first-order valence-electron chi connectivity index (χ1n) is 6.96. The van der Waals surface area contributed by atoms with Gasteiger partial charge in [-0.2, -0.15) is 0 Å². The fraction of sp³-hybridized carbons (Fsp3) is 0.533. The van der Waals surface area contributed by atoms with Crippen molar-refractivity contribution in [3.05, 3.63) is 34.3 Å². The minimum Gasteiger partial charge on any atom is -0.356 e. The van der Waals surface area contributed by atoms with Gasteiger partial charge in [0.25, 0.3) is 0 Å². The van der Waals surface area contributed by atoms with E-state index in [4.69, 9.17) is 0 Å². The molecule has 1 aromatic rings. The summed E-state index contributed by atoms with van der Waals surface area (Å²) in [7, 11) is 0. The average molecular weight is 325 g/mol. The lowest BCUT2D eigenvalue weighted by Gasteiger charge is -2.22. The molecular weight excluding hydrogens is 304 g/mol. The second kappa shape index (κ2) is 7.65. The molecule has 1 aliphatic heterocycles. The third kappa shape index (κ3) is 5.33. The third-order valence-electron chi connectivity index (χ3n) is 3.50. The van der Waals surface area contributed by atoms with Crippen LogP contribution in [0.15, 0.2) is 28.7 Å². The van der Waals surface area contributed by atoms with Crippen LogP contribution in [0.5, 0.6) is 0 Å². The first-order valence-corrected chi connectivity index (χ1v) is 7.75. The number of hydrogen-bond acceptors (Lipinski definition) is 2. The highest BCUT2D eigenvalue weighted by Crippen LogP contribution is 2.14. The van der Waals surface area contributed by atoms with Gasteiger partial charge in [0, 0.05) is 17.4 Å². The van der Waals surface area contributed by atoms with Crippen molar-refractivity contribution >= 4 is 21.8 Å². The molecule has 1 fully saturated rings. The lowest BCUT2D eigenvalue weighted by atomic mass is 9.96. The Kier molecular flexibility index (Phi) is 5.86. The van der Waals surface area contributed by atoms with Gasteiger partial charge in [-0.1, -0.05) is 28.1 Å². The Labute approximate surface area is 123 Å². The summed E-state index contributed by atoms with van der Waals surface area (Å²) in [5.41, 5.74) is 1.24. The number of carbonyl (C=O) groups is 1. The summed E-state index contributed by atoms with van der Waals surface area (Å²) < 4.78 is 1.09. The molecule has 2 N–H and O–H groups in total. The molecule has 0 saturated carbocycles. The van der Waals surface area contributed by atoms with Crippen LogP contribution in [0.4, 0.5) is 0 Å². The molecule has 1 amide bonds. The highest BCUT2D eigenvalue weighted by atomic mass is 79.9. The van der Waals surface area contributed by atoms with Crippen LogP contribution >= 0.6 is 15.9 Å². The molecule has 0 spiro atoms. The van der Waals surface area contributed by atoms with Gasteiger partial charge in [-0.05, 0) is 56.0 Å². The molecule has 1 heterocycles. The molecule has 0 aliphatic carbocycles. The van der Waals surface area contributed by atoms with Gasteiger partial charge < -0.3 is 10.6 Å². The Hall–Kier alpha value is -0.870. The second-order valence-electron chi connectivity index (χ2n) is 5.15. The smallest absolute Gasteiger partial charge is 0.220 e. The maximum atomic E-state index is 11.8. The quantitative estimate of drug-likeness (QED) is 0.873. The number of carbonyl (C=O) groups excluding carboxylic acids is 1. The summed E-state index contributed by atoms with van der Waals surface area (Å²) in [6.07, 6.45) is 3.90. The zero-order valence-electron chi connectivity index (χ0n) is 11.1. The van der Waals surface area contributed by atoms with Crippen molar-refractivity contribution < 1.29 is 4.79 Å². The van der Waals surface area contributed by atoms with Gasteiger partial charge in [0.05, 0.1) is 0 Å². The predicted octanol–water partition coefficient (Wildman–Crippen LogP) is 2.50. The molecule has 0 radical (unpaired) electrons. The second-order valence-corrected chi connectivity index (χ2v) is 6.06. The van der Waals surface area contributed by atoms with E-state index in [0.717, 1.165) is 30.5 Å². The highest BCUT2D eigenvalue weighted by molar-refractivity contribution is 9.10. The van der Waals surface area contributed by atoms with Crippen molar-refractivity contribution in [3.63, 3.8) is 0 Å². The Morgan fingerprint density at radius 2 is 2.37 bits per heavy atom. The molecule has 1 atom stereocenters. The SMILES string of the molecule is O=C(CC1CCCNC1)NCCc1cccc(Br)c1. The van der Waals surface area contributed by atoms with Crippen molar-refractivity contribution in [2.45, 2.75) is 25.7 Å². The molecule has 0 bridgehead atoms. The number of amides is 1. The predicted molar refractivity (Wildman–Crippen MR) is 81.1 cm³/mol. The van der Waals surface area contributed by atoms with Crippen molar-refractivity contribution in [2.24, 2.45) is 5.92 Å². The standard InChI is InChI=1S/C15H21BrN2O/c16-14-5-1-3-12(9-14)6-8-18-15(19)10-13-4-2-7-17-11-13/h1,3,5,9,13,17H,2,4,6-8,10-11H2,(H,18,19). The van der Waals surface area contributed by atoms with Gasteiger partial charge in [-0.25, -0.2) is 0 Å². The first kappa shape index (κ1) is 14.5. The average Bonchev–Trinajstić information content (AvgIpc) is 2.40. The minimum absolute atomic E-state index is 0.184. The van der Waals surface area contributed by atoms with Crippen LogP contribution in [-0.2, 0) is 11.2 Å². The Balaban J connectivity index is 1.66. The third-order valence-corrected chi connectivity index (χ3v) is 3.99. The molecule has 104 valence electrons. The van der Waals surface area contributed by atoms with E-state index < -0.39 is 0 Å². The van der Waals surface area contributed by atoms with E-state index in [2.05, 4.69) is 38.7 Å². The van der Waals surface area contributed by atoms with E-state index in [0.29, 0.717) is 12.3 Å². The van der Waals surface area contributed by atoms with Crippen LogP contribution in [0.25, 0.3) is 0 Å². The number of benzene rings is 1. The summed E-state index contributed by atoms with van der Waals surface area (Å²) >= 11 is 3.45. The van der Waals surface area contributed by atoms with Gasteiger partial charge in [0.15, 0.2) is 0 Å². The van der Waals surface area contributed by atoms with Crippen LogP contribution < -0.4 is 10.6 Å². The lowest BCUT2D eigenvalue weighted by Crippen LogP contribution is -2.34. The lowest BCUT2D eigenvalue weighted by molar-refractivity contribution is -0.122. The fourth-order valence-electron chi connectivity index (χ4n) is 2.47. The number of hydrogen-bond donors (Lipinski definition) is 2. The molecule has 0 aromatic heterocycles.